The highest BCUT2D eigenvalue weighted by molar-refractivity contribution is 5.84. The van der Waals surface area contributed by atoms with Crippen molar-refractivity contribution in [2.45, 2.75) is 31.7 Å². The van der Waals surface area contributed by atoms with Crippen molar-refractivity contribution in [1.29, 1.82) is 0 Å². The van der Waals surface area contributed by atoms with E-state index in [2.05, 4.69) is 69.6 Å². The summed E-state index contributed by atoms with van der Waals surface area (Å²) in [5, 5.41) is 5.83. The van der Waals surface area contributed by atoms with E-state index in [-0.39, 0.29) is 5.78 Å². The summed E-state index contributed by atoms with van der Waals surface area (Å²) in [6.45, 7) is 5.66. The van der Waals surface area contributed by atoms with Gasteiger partial charge >= 0.3 is 0 Å². The molecule has 1 fully saturated rings. The molecule has 0 aliphatic carbocycles. The highest BCUT2D eigenvalue weighted by Crippen LogP contribution is 2.39. The molecule has 2 heterocycles. The average Bonchev–Trinajstić information content (AvgIpc) is 3.28. The third-order valence-corrected chi connectivity index (χ3v) is 5.76. The normalized spacial score (nSPS) is 17.5. The van der Waals surface area contributed by atoms with Gasteiger partial charge in [0.1, 0.15) is 17.1 Å². The van der Waals surface area contributed by atoms with Crippen molar-refractivity contribution in [1.82, 2.24) is 20.2 Å². The molecular formula is C23H28N4O. The van der Waals surface area contributed by atoms with E-state index < -0.39 is 5.54 Å². The number of ketones is 1. The number of nitrogens with zero attached hydrogens (tertiary/aromatic N) is 2. The quantitative estimate of drug-likeness (QED) is 0.663. The van der Waals surface area contributed by atoms with Crippen LogP contribution in [0.25, 0.3) is 10.8 Å². The van der Waals surface area contributed by atoms with Gasteiger partial charge in [-0.25, -0.2) is 4.98 Å². The Morgan fingerprint density at radius 1 is 1.14 bits per heavy atom. The van der Waals surface area contributed by atoms with Crippen molar-refractivity contribution < 1.29 is 4.79 Å². The number of H-pyrrole nitrogens is 1. The minimum atomic E-state index is -0.568. The van der Waals surface area contributed by atoms with Crippen LogP contribution in [0, 0.1) is 0 Å². The van der Waals surface area contributed by atoms with Crippen LogP contribution in [0.3, 0.4) is 0 Å². The molecule has 1 unspecified atom stereocenters. The molecule has 3 aromatic rings. The Hall–Kier alpha value is -2.50. The van der Waals surface area contributed by atoms with Crippen LogP contribution >= 0.6 is 0 Å². The molecule has 2 N–H and O–H groups in total. The maximum absolute atomic E-state index is 12.9. The van der Waals surface area contributed by atoms with Crippen LogP contribution in [-0.4, -0.2) is 46.8 Å². The maximum atomic E-state index is 12.9. The molecule has 1 aromatic heterocycles. The van der Waals surface area contributed by atoms with Crippen LogP contribution in [0.1, 0.15) is 37.6 Å². The topological polar surface area (TPSA) is 61.0 Å². The van der Waals surface area contributed by atoms with Gasteiger partial charge in [-0.15, -0.1) is 0 Å². The molecule has 0 amide bonds. The number of hydrogen-bond acceptors (Lipinski definition) is 4. The molecule has 1 aliphatic heterocycles. The molecule has 1 aliphatic rings. The lowest BCUT2D eigenvalue weighted by molar-refractivity contribution is -0.122. The second kappa shape index (κ2) is 8.25. The van der Waals surface area contributed by atoms with Crippen LogP contribution in [0.4, 0.5) is 0 Å². The van der Waals surface area contributed by atoms with Gasteiger partial charge in [0.15, 0.2) is 0 Å². The van der Waals surface area contributed by atoms with Crippen LogP contribution in [0.15, 0.2) is 54.9 Å². The summed E-state index contributed by atoms with van der Waals surface area (Å²) in [6, 6.07) is 15.0. The van der Waals surface area contributed by atoms with Crippen molar-refractivity contribution in [3.8, 4) is 0 Å². The number of rotatable bonds is 7. The third-order valence-electron chi connectivity index (χ3n) is 5.76. The Morgan fingerprint density at radius 3 is 2.64 bits per heavy atom. The van der Waals surface area contributed by atoms with Gasteiger partial charge < -0.3 is 10.3 Å². The fraction of sp³-hybridized carbons (Fsp3) is 0.391. The van der Waals surface area contributed by atoms with Gasteiger partial charge in [0.2, 0.25) is 0 Å². The predicted octanol–water partition coefficient (Wildman–Crippen LogP) is 3.47. The maximum Gasteiger partial charge on any atom is 0.135 e. The number of imidazole rings is 1. The van der Waals surface area contributed by atoms with Gasteiger partial charge in [0.05, 0.1) is 0 Å². The molecule has 0 saturated carbocycles. The van der Waals surface area contributed by atoms with Gasteiger partial charge in [0.25, 0.3) is 0 Å². The lowest BCUT2D eigenvalue weighted by Crippen LogP contribution is -2.56. The van der Waals surface area contributed by atoms with Gasteiger partial charge in [-0.05, 0) is 28.8 Å². The molecule has 4 rings (SSSR count). The van der Waals surface area contributed by atoms with Crippen molar-refractivity contribution >= 4 is 16.6 Å². The summed E-state index contributed by atoms with van der Waals surface area (Å²) in [6.07, 6.45) is 5.55. The third kappa shape index (κ3) is 3.48. The fourth-order valence-electron chi connectivity index (χ4n) is 4.40. The molecule has 1 atom stereocenters. The first-order chi connectivity index (χ1) is 13.7. The van der Waals surface area contributed by atoms with Crippen LogP contribution in [0.5, 0.6) is 0 Å². The minimum absolute atomic E-state index is 0.283. The summed E-state index contributed by atoms with van der Waals surface area (Å²) in [5.41, 5.74) is 0.564. The van der Waals surface area contributed by atoms with E-state index in [0.717, 1.165) is 44.0 Å². The summed E-state index contributed by atoms with van der Waals surface area (Å²) >= 11 is 0. The summed E-state index contributed by atoms with van der Waals surface area (Å²) in [5.74, 6) is 1.14. The van der Waals surface area contributed by atoms with Crippen molar-refractivity contribution in [2.75, 3.05) is 26.2 Å². The fourth-order valence-corrected chi connectivity index (χ4v) is 4.40. The molecule has 28 heavy (non-hydrogen) atoms. The molecule has 2 aromatic carbocycles. The second-order valence-corrected chi connectivity index (χ2v) is 7.56. The number of Topliss-reactive ketones (excluding diaryl/α,β-unsaturated/α-hetero) is 1. The van der Waals surface area contributed by atoms with Crippen molar-refractivity contribution in [2.24, 2.45) is 0 Å². The lowest BCUT2D eigenvalue weighted by Gasteiger charge is -2.45. The molecule has 5 heteroatoms. The number of nitrogens with one attached hydrogen (secondary N) is 2. The number of carbonyl (C=O) groups excluding carboxylic acids is 1. The Labute approximate surface area is 166 Å². The molecule has 5 nitrogen and oxygen atoms in total. The second-order valence-electron chi connectivity index (χ2n) is 7.56. The van der Waals surface area contributed by atoms with Crippen LogP contribution < -0.4 is 5.32 Å². The number of hydrogen-bond donors (Lipinski definition) is 2. The Kier molecular flexibility index (Phi) is 5.55. The molecule has 0 spiro atoms. The average molecular weight is 377 g/mol. The highest BCUT2D eigenvalue weighted by atomic mass is 16.1. The number of carbonyl (C=O) groups is 1. The van der Waals surface area contributed by atoms with Crippen LogP contribution in [0.2, 0.25) is 0 Å². The van der Waals surface area contributed by atoms with Gasteiger partial charge in [-0.2, -0.15) is 0 Å². The zero-order valence-corrected chi connectivity index (χ0v) is 16.4. The van der Waals surface area contributed by atoms with Crippen molar-refractivity contribution in [3.05, 3.63) is 66.2 Å². The number of aromatic nitrogens is 2. The lowest BCUT2D eigenvalue weighted by atomic mass is 9.80. The van der Waals surface area contributed by atoms with Gasteiger partial charge in [-0.1, -0.05) is 43.3 Å². The van der Waals surface area contributed by atoms with Gasteiger partial charge in [-0.3, -0.25) is 9.69 Å². The first-order valence-electron chi connectivity index (χ1n) is 10.2. The van der Waals surface area contributed by atoms with E-state index in [4.69, 9.17) is 0 Å². The molecular weight excluding hydrogens is 348 g/mol. The predicted molar refractivity (Wildman–Crippen MR) is 112 cm³/mol. The van der Waals surface area contributed by atoms with E-state index >= 15 is 0 Å². The number of benzene rings is 2. The van der Waals surface area contributed by atoms with E-state index in [1.54, 1.807) is 6.20 Å². The van der Waals surface area contributed by atoms with Crippen LogP contribution in [-0.2, 0) is 10.3 Å². The molecule has 0 bridgehead atoms. The van der Waals surface area contributed by atoms with Gasteiger partial charge in [0, 0.05) is 51.4 Å². The largest absolute Gasteiger partial charge is 0.347 e. The molecule has 146 valence electrons. The number of aromatic amines is 1. The number of fused-ring (bicyclic) bond motifs is 1. The number of piperazine rings is 1. The summed E-state index contributed by atoms with van der Waals surface area (Å²) in [7, 11) is 0. The van der Waals surface area contributed by atoms with E-state index in [1.807, 2.05) is 6.20 Å². The zero-order valence-electron chi connectivity index (χ0n) is 16.4. The van der Waals surface area contributed by atoms with E-state index in [0.29, 0.717) is 12.8 Å². The summed E-state index contributed by atoms with van der Waals surface area (Å²) in [4.78, 5) is 23.4. The Balaban J connectivity index is 1.90. The standard InChI is InChI=1S/C23H28N4O/c1-2-5-21(28)17-23(22-25-10-11-26-22,27-14-12-24-13-15-27)20-9-8-18-6-3-4-7-19(18)16-20/h3-4,6-11,16,24H,2,5,12-15,17H2,1H3,(H,25,26). The highest BCUT2D eigenvalue weighted by Gasteiger charge is 2.44. The SMILES string of the molecule is CCCC(=O)CC(c1ccc2ccccc2c1)(c1ncc[nH]1)N1CCNCC1. The van der Waals surface area contributed by atoms with Crippen molar-refractivity contribution in [3.63, 3.8) is 0 Å². The first kappa shape index (κ1) is 18.8. The Morgan fingerprint density at radius 2 is 1.93 bits per heavy atom. The smallest absolute Gasteiger partial charge is 0.135 e. The monoisotopic (exact) mass is 376 g/mol. The minimum Gasteiger partial charge on any atom is -0.347 e. The van der Waals surface area contributed by atoms with E-state index in [1.165, 1.54) is 10.8 Å². The molecule has 0 radical (unpaired) electrons. The Bertz CT molecular complexity index is 931. The zero-order chi connectivity index (χ0) is 19.4. The molecule has 1 saturated heterocycles. The summed E-state index contributed by atoms with van der Waals surface area (Å²) < 4.78 is 0. The first-order valence-corrected chi connectivity index (χ1v) is 10.2. The van der Waals surface area contributed by atoms with E-state index in [9.17, 15) is 4.79 Å².